The van der Waals surface area contributed by atoms with Gasteiger partial charge in [0.15, 0.2) is 0 Å². The van der Waals surface area contributed by atoms with Gasteiger partial charge in [-0.1, -0.05) is 0 Å². The van der Waals surface area contributed by atoms with E-state index in [9.17, 15) is 4.79 Å². The van der Waals surface area contributed by atoms with Crippen molar-refractivity contribution in [3.63, 3.8) is 0 Å². The number of nitrogens with one attached hydrogen (secondary N) is 1. The molecule has 0 aliphatic carbocycles. The summed E-state index contributed by atoms with van der Waals surface area (Å²) < 4.78 is 5.40. The van der Waals surface area contributed by atoms with Crippen LogP contribution in [0.3, 0.4) is 0 Å². The number of rotatable bonds is 2. The monoisotopic (exact) mass is 291 g/mol. The Labute approximate surface area is 126 Å². The third-order valence-corrected chi connectivity index (χ3v) is 3.43. The van der Waals surface area contributed by atoms with E-state index in [1.54, 1.807) is 4.90 Å². The van der Waals surface area contributed by atoms with Gasteiger partial charge in [-0.2, -0.15) is 0 Å². The molecule has 0 saturated carbocycles. The molecule has 1 aliphatic heterocycles. The Kier molecular flexibility index (Phi) is 4.60. The lowest BCUT2D eigenvalue weighted by Gasteiger charge is -2.34. The molecule has 5 heteroatoms. The fourth-order valence-electron chi connectivity index (χ4n) is 2.35. The summed E-state index contributed by atoms with van der Waals surface area (Å²) in [5, 5.41) is 3.48. The zero-order valence-electron chi connectivity index (χ0n) is 13.1. The summed E-state index contributed by atoms with van der Waals surface area (Å²) >= 11 is 0. The average molecular weight is 291 g/mol. The number of nitrogen functional groups attached to an aromatic ring is 1. The molecule has 0 bridgehead atoms. The fourth-order valence-corrected chi connectivity index (χ4v) is 2.35. The van der Waals surface area contributed by atoms with Crippen LogP contribution >= 0.6 is 0 Å². The number of ether oxygens (including phenoxy) is 1. The van der Waals surface area contributed by atoms with Crippen LogP contribution < -0.4 is 11.1 Å². The highest BCUT2D eigenvalue weighted by Crippen LogP contribution is 2.19. The molecule has 1 fully saturated rings. The van der Waals surface area contributed by atoms with Gasteiger partial charge < -0.3 is 20.7 Å². The van der Waals surface area contributed by atoms with Gasteiger partial charge in [0.05, 0.1) is 0 Å². The smallest absolute Gasteiger partial charge is 0.410 e. The lowest BCUT2D eigenvalue weighted by molar-refractivity contribution is 0.0210. The summed E-state index contributed by atoms with van der Waals surface area (Å²) in [5.74, 6) is 0. The van der Waals surface area contributed by atoms with Crippen LogP contribution in [0, 0.1) is 0 Å². The molecule has 116 valence electrons. The van der Waals surface area contributed by atoms with Gasteiger partial charge in [0.25, 0.3) is 0 Å². The van der Waals surface area contributed by atoms with Crippen LogP contribution in [0.4, 0.5) is 16.2 Å². The second kappa shape index (κ2) is 6.24. The maximum Gasteiger partial charge on any atom is 0.410 e. The Morgan fingerprint density at radius 1 is 1.24 bits per heavy atom. The molecule has 1 aromatic rings. The number of anilines is 2. The maximum atomic E-state index is 12.0. The van der Waals surface area contributed by atoms with Gasteiger partial charge in [0.2, 0.25) is 0 Å². The van der Waals surface area contributed by atoms with E-state index in [1.807, 2.05) is 45.0 Å². The number of benzene rings is 1. The zero-order chi connectivity index (χ0) is 15.5. The van der Waals surface area contributed by atoms with Crippen LogP contribution in [0.1, 0.15) is 33.6 Å². The van der Waals surface area contributed by atoms with Gasteiger partial charge in [-0.15, -0.1) is 0 Å². The van der Waals surface area contributed by atoms with Gasteiger partial charge in [-0.25, -0.2) is 4.79 Å². The Hall–Kier alpha value is -1.91. The highest BCUT2D eigenvalue weighted by atomic mass is 16.6. The molecule has 0 radical (unpaired) electrons. The Balaban J connectivity index is 1.80. The van der Waals surface area contributed by atoms with Crippen molar-refractivity contribution in [2.45, 2.75) is 45.3 Å². The third kappa shape index (κ3) is 4.85. The van der Waals surface area contributed by atoms with E-state index in [-0.39, 0.29) is 6.09 Å². The van der Waals surface area contributed by atoms with Crippen molar-refractivity contribution in [3.05, 3.63) is 24.3 Å². The fraction of sp³-hybridized carbons (Fsp3) is 0.562. The average Bonchev–Trinajstić information content (AvgIpc) is 2.40. The van der Waals surface area contributed by atoms with Gasteiger partial charge >= 0.3 is 6.09 Å². The number of carbonyl (C=O) groups excluding carboxylic acids is 1. The molecule has 0 unspecified atom stereocenters. The van der Waals surface area contributed by atoms with Crippen molar-refractivity contribution >= 4 is 17.5 Å². The minimum Gasteiger partial charge on any atom is -0.444 e. The number of likely N-dealkylation sites (tertiary alicyclic amines) is 1. The van der Waals surface area contributed by atoms with E-state index in [0.29, 0.717) is 6.04 Å². The zero-order valence-corrected chi connectivity index (χ0v) is 13.1. The third-order valence-electron chi connectivity index (χ3n) is 3.43. The van der Waals surface area contributed by atoms with E-state index in [1.165, 1.54) is 0 Å². The van der Waals surface area contributed by atoms with Crippen LogP contribution in [-0.2, 0) is 4.74 Å². The number of nitrogens with two attached hydrogens (primary N) is 1. The molecule has 5 nitrogen and oxygen atoms in total. The molecule has 1 heterocycles. The van der Waals surface area contributed by atoms with Crippen molar-refractivity contribution in [2.24, 2.45) is 0 Å². The van der Waals surface area contributed by atoms with Gasteiger partial charge in [-0.3, -0.25) is 0 Å². The second-order valence-electron chi connectivity index (χ2n) is 6.51. The Morgan fingerprint density at radius 3 is 2.33 bits per heavy atom. The summed E-state index contributed by atoms with van der Waals surface area (Å²) in [4.78, 5) is 13.8. The van der Waals surface area contributed by atoms with Crippen molar-refractivity contribution in [2.75, 3.05) is 24.1 Å². The molecule has 1 aliphatic rings. The van der Waals surface area contributed by atoms with Crippen LogP contribution in [0.5, 0.6) is 0 Å². The van der Waals surface area contributed by atoms with E-state index < -0.39 is 5.60 Å². The highest BCUT2D eigenvalue weighted by molar-refractivity contribution is 5.68. The van der Waals surface area contributed by atoms with Gasteiger partial charge in [0, 0.05) is 30.5 Å². The first-order chi connectivity index (χ1) is 9.83. The Bertz CT molecular complexity index is 471. The summed E-state index contributed by atoms with van der Waals surface area (Å²) in [6.07, 6.45) is 1.63. The quantitative estimate of drug-likeness (QED) is 0.822. The van der Waals surface area contributed by atoms with Crippen LogP contribution in [0.2, 0.25) is 0 Å². The maximum absolute atomic E-state index is 12.0. The minimum absolute atomic E-state index is 0.214. The van der Waals surface area contributed by atoms with E-state index >= 15 is 0 Å². The first-order valence-electron chi connectivity index (χ1n) is 7.43. The van der Waals surface area contributed by atoms with Crippen molar-refractivity contribution in [3.8, 4) is 0 Å². The molecule has 0 spiro atoms. The predicted molar refractivity (Wildman–Crippen MR) is 85.3 cm³/mol. The standard InChI is InChI=1S/C16H25N3O2/c1-16(2,3)21-15(20)19-10-8-14(9-11-19)18-13-6-4-12(17)5-7-13/h4-7,14,18H,8-11,17H2,1-3H3. The summed E-state index contributed by atoms with van der Waals surface area (Å²) in [5.41, 5.74) is 7.08. The second-order valence-corrected chi connectivity index (χ2v) is 6.51. The molecule has 1 saturated heterocycles. The first kappa shape index (κ1) is 15.5. The predicted octanol–water partition coefficient (Wildman–Crippen LogP) is 3.08. The molecular formula is C16H25N3O2. The molecule has 1 aromatic carbocycles. The molecule has 0 atom stereocenters. The molecular weight excluding hydrogens is 266 g/mol. The summed E-state index contributed by atoms with van der Waals surface area (Å²) in [6, 6.07) is 8.12. The number of carbonyl (C=O) groups is 1. The minimum atomic E-state index is -0.434. The molecule has 3 N–H and O–H groups in total. The van der Waals surface area contributed by atoms with Crippen LogP contribution in [0.25, 0.3) is 0 Å². The lowest BCUT2D eigenvalue weighted by atomic mass is 10.0. The normalized spacial score (nSPS) is 16.6. The number of nitrogens with zero attached hydrogens (tertiary/aromatic N) is 1. The van der Waals surface area contributed by atoms with E-state index in [4.69, 9.17) is 10.5 Å². The van der Waals surface area contributed by atoms with E-state index in [2.05, 4.69) is 5.32 Å². The number of piperidine rings is 1. The summed E-state index contributed by atoms with van der Waals surface area (Å²) in [6.45, 7) is 7.12. The molecule has 2 rings (SSSR count). The van der Waals surface area contributed by atoms with Crippen molar-refractivity contribution in [1.82, 2.24) is 4.90 Å². The van der Waals surface area contributed by atoms with Crippen LogP contribution in [-0.4, -0.2) is 35.7 Å². The Morgan fingerprint density at radius 2 is 1.81 bits per heavy atom. The topological polar surface area (TPSA) is 67.6 Å². The van der Waals surface area contributed by atoms with Crippen LogP contribution in [0.15, 0.2) is 24.3 Å². The largest absolute Gasteiger partial charge is 0.444 e. The van der Waals surface area contributed by atoms with Gasteiger partial charge in [0.1, 0.15) is 5.60 Å². The SMILES string of the molecule is CC(C)(C)OC(=O)N1CCC(Nc2ccc(N)cc2)CC1. The molecule has 0 aromatic heterocycles. The number of amides is 1. The molecule has 1 amide bonds. The van der Waals surface area contributed by atoms with Gasteiger partial charge in [-0.05, 0) is 57.9 Å². The van der Waals surface area contributed by atoms with Crippen molar-refractivity contribution in [1.29, 1.82) is 0 Å². The van der Waals surface area contributed by atoms with E-state index in [0.717, 1.165) is 37.3 Å². The summed E-state index contributed by atoms with van der Waals surface area (Å²) in [7, 11) is 0. The number of hydrogen-bond acceptors (Lipinski definition) is 4. The lowest BCUT2D eigenvalue weighted by Crippen LogP contribution is -2.44. The first-order valence-corrected chi connectivity index (χ1v) is 7.43. The van der Waals surface area contributed by atoms with Crippen molar-refractivity contribution < 1.29 is 9.53 Å². The highest BCUT2D eigenvalue weighted by Gasteiger charge is 2.26. The number of hydrogen-bond donors (Lipinski definition) is 2. The molecule has 21 heavy (non-hydrogen) atoms.